The monoisotopic (exact) mass is 236 g/mol. The van der Waals surface area contributed by atoms with Crippen molar-refractivity contribution in [2.45, 2.75) is 24.9 Å². The highest BCUT2D eigenvalue weighted by Crippen LogP contribution is 2.40. The van der Waals surface area contributed by atoms with Crippen LogP contribution in [0.5, 0.6) is 5.75 Å². The van der Waals surface area contributed by atoms with E-state index in [1.54, 1.807) is 7.11 Å². The van der Waals surface area contributed by atoms with Crippen LogP contribution in [0.2, 0.25) is 0 Å². The fourth-order valence-corrected chi connectivity index (χ4v) is 2.34. The number of carboxylic acid groups (broad SMARTS) is 1. The molecule has 0 bridgehead atoms. The summed E-state index contributed by atoms with van der Waals surface area (Å²) >= 11 is 0. The van der Waals surface area contributed by atoms with E-state index in [0.29, 0.717) is 19.3 Å². The third-order valence-corrected chi connectivity index (χ3v) is 3.27. The van der Waals surface area contributed by atoms with E-state index in [9.17, 15) is 9.90 Å². The zero-order chi connectivity index (χ0) is 12.5. The number of carbonyl (C=O) groups is 1. The molecule has 0 amide bonds. The van der Waals surface area contributed by atoms with E-state index in [0.717, 1.165) is 11.3 Å². The Kier molecular flexibility index (Phi) is 3.07. The van der Waals surface area contributed by atoms with E-state index in [1.807, 2.05) is 24.3 Å². The molecule has 92 valence electrons. The molecule has 2 rings (SSSR count). The third kappa shape index (κ3) is 2.58. The van der Waals surface area contributed by atoms with E-state index in [-0.39, 0.29) is 0 Å². The Morgan fingerprint density at radius 2 is 2.24 bits per heavy atom. The zero-order valence-corrected chi connectivity index (χ0v) is 9.72. The summed E-state index contributed by atoms with van der Waals surface area (Å²) in [6.45, 7) is 0. The number of aliphatic carboxylic acids is 1. The normalized spacial score (nSPS) is 27.3. The maximum atomic E-state index is 10.7. The Hall–Kier alpha value is -1.55. The minimum Gasteiger partial charge on any atom is -0.497 e. The highest BCUT2D eigenvalue weighted by atomic mass is 16.5. The average Bonchev–Trinajstić information content (AvgIpc) is 2.25. The summed E-state index contributed by atoms with van der Waals surface area (Å²) in [6.07, 6.45) is 1.15. The Morgan fingerprint density at radius 3 is 2.82 bits per heavy atom. The van der Waals surface area contributed by atoms with Crippen LogP contribution in [0.1, 0.15) is 18.4 Å². The van der Waals surface area contributed by atoms with Crippen LogP contribution in [0.4, 0.5) is 0 Å². The predicted molar refractivity (Wildman–Crippen MR) is 62.0 cm³/mol. The molecule has 0 radical (unpaired) electrons. The summed E-state index contributed by atoms with van der Waals surface area (Å²) in [5.41, 5.74) is 0.103. The van der Waals surface area contributed by atoms with E-state index in [4.69, 9.17) is 9.84 Å². The number of ether oxygens (including phenoxy) is 1. The molecule has 1 aromatic carbocycles. The van der Waals surface area contributed by atoms with Crippen LogP contribution in [-0.4, -0.2) is 28.9 Å². The van der Waals surface area contributed by atoms with Gasteiger partial charge in [-0.15, -0.1) is 0 Å². The van der Waals surface area contributed by atoms with Crippen molar-refractivity contribution < 1.29 is 19.7 Å². The molecular formula is C13H16O4. The van der Waals surface area contributed by atoms with Crippen molar-refractivity contribution in [1.29, 1.82) is 0 Å². The first-order valence-corrected chi connectivity index (χ1v) is 5.60. The minimum absolute atomic E-state index is 0.333. The van der Waals surface area contributed by atoms with Crippen LogP contribution >= 0.6 is 0 Å². The van der Waals surface area contributed by atoms with Crippen LogP contribution < -0.4 is 4.74 Å². The number of hydrogen-bond donors (Lipinski definition) is 2. The number of aliphatic hydroxyl groups is 1. The van der Waals surface area contributed by atoms with Crippen molar-refractivity contribution in [3.8, 4) is 5.75 Å². The second-order valence-corrected chi connectivity index (χ2v) is 4.70. The molecule has 1 aromatic rings. The van der Waals surface area contributed by atoms with E-state index in [1.165, 1.54) is 0 Å². The first kappa shape index (κ1) is 11.9. The van der Waals surface area contributed by atoms with Crippen molar-refractivity contribution in [1.82, 2.24) is 0 Å². The molecule has 1 fully saturated rings. The first-order valence-electron chi connectivity index (χ1n) is 5.60. The van der Waals surface area contributed by atoms with Gasteiger partial charge in [0.15, 0.2) is 0 Å². The molecule has 0 aliphatic heterocycles. The molecule has 1 aliphatic carbocycles. The number of methoxy groups -OCH3 is 1. The van der Waals surface area contributed by atoms with Gasteiger partial charge in [0.05, 0.1) is 18.6 Å². The van der Waals surface area contributed by atoms with Gasteiger partial charge in [0.2, 0.25) is 0 Å². The van der Waals surface area contributed by atoms with Gasteiger partial charge in [-0.25, -0.2) is 0 Å². The second-order valence-electron chi connectivity index (χ2n) is 4.70. The van der Waals surface area contributed by atoms with E-state index >= 15 is 0 Å². The van der Waals surface area contributed by atoms with Crippen molar-refractivity contribution in [3.05, 3.63) is 29.8 Å². The van der Waals surface area contributed by atoms with Gasteiger partial charge in [-0.05, 0) is 30.5 Å². The van der Waals surface area contributed by atoms with E-state index in [2.05, 4.69) is 0 Å². The van der Waals surface area contributed by atoms with Crippen LogP contribution in [-0.2, 0) is 11.2 Å². The van der Waals surface area contributed by atoms with Crippen LogP contribution in [0, 0.1) is 5.92 Å². The molecule has 4 nitrogen and oxygen atoms in total. The van der Waals surface area contributed by atoms with Gasteiger partial charge in [-0.2, -0.15) is 0 Å². The molecular weight excluding hydrogens is 220 g/mol. The lowest BCUT2D eigenvalue weighted by atomic mass is 9.68. The molecule has 4 heteroatoms. The van der Waals surface area contributed by atoms with Crippen LogP contribution in [0.3, 0.4) is 0 Å². The Balaban J connectivity index is 1.99. The van der Waals surface area contributed by atoms with Gasteiger partial charge in [-0.1, -0.05) is 12.1 Å². The first-order chi connectivity index (χ1) is 8.02. The minimum atomic E-state index is -0.866. The lowest BCUT2D eigenvalue weighted by Gasteiger charge is -2.41. The fourth-order valence-electron chi connectivity index (χ4n) is 2.34. The van der Waals surface area contributed by atoms with Gasteiger partial charge in [-0.3, -0.25) is 4.79 Å². The number of carboxylic acids is 1. The highest BCUT2D eigenvalue weighted by molar-refractivity contribution is 5.71. The summed E-state index contributed by atoms with van der Waals surface area (Å²) in [5.74, 6) is -0.467. The number of benzene rings is 1. The smallest absolute Gasteiger partial charge is 0.306 e. The summed E-state index contributed by atoms with van der Waals surface area (Å²) in [5, 5.41) is 18.9. The molecule has 0 spiro atoms. The third-order valence-electron chi connectivity index (χ3n) is 3.27. The fraction of sp³-hybridized carbons (Fsp3) is 0.462. The van der Waals surface area contributed by atoms with Crippen molar-refractivity contribution in [2.24, 2.45) is 5.92 Å². The lowest BCUT2D eigenvalue weighted by Crippen LogP contribution is -2.48. The van der Waals surface area contributed by atoms with Gasteiger partial charge >= 0.3 is 5.97 Å². The van der Waals surface area contributed by atoms with Crippen molar-refractivity contribution in [3.63, 3.8) is 0 Å². The topological polar surface area (TPSA) is 66.8 Å². The second kappa shape index (κ2) is 4.37. The number of rotatable bonds is 4. The molecule has 0 aromatic heterocycles. The van der Waals surface area contributed by atoms with Crippen LogP contribution in [0.25, 0.3) is 0 Å². The number of hydrogen-bond acceptors (Lipinski definition) is 3. The standard InChI is InChI=1S/C13H16O4/c1-17-11-4-2-3-9(5-11)6-13(16)7-10(8-13)12(14)15/h2-5,10,16H,6-8H2,1H3,(H,14,15). The molecule has 0 heterocycles. The highest BCUT2D eigenvalue weighted by Gasteiger charge is 2.46. The largest absolute Gasteiger partial charge is 0.497 e. The molecule has 1 saturated carbocycles. The maximum Gasteiger partial charge on any atom is 0.306 e. The van der Waals surface area contributed by atoms with Gasteiger partial charge in [0, 0.05) is 6.42 Å². The summed E-state index contributed by atoms with van der Waals surface area (Å²) < 4.78 is 5.10. The Morgan fingerprint density at radius 1 is 1.53 bits per heavy atom. The van der Waals surface area contributed by atoms with Crippen molar-refractivity contribution in [2.75, 3.05) is 7.11 Å². The molecule has 0 saturated heterocycles. The maximum absolute atomic E-state index is 10.7. The molecule has 2 N–H and O–H groups in total. The zero-order valence-electron chi connectivity index (χ0n) is 9.72. The predicted octanol–water partition coefficient (Wildman–Crippen LogP) is 1.46. The van der Waals surface area contributed by atoms with Gasteiger partial charge in [0.25, 0.3) is 0 Å². The summed E-state index contributed by atoms with van der Waals surface area (Å²) in [4.78, 5) is 10.7. The lowest BCUT2D eigenvalue weighted by molar-refractivity contribution is -0.158. The quantitative estimate of drug-likeness (QED) is 0.830. The van der Waals surface area contributed by atoms with Crippen molar-refractivity contribution >= 4 is 5.97 Å². The molecule has 0 atom stereocenters. The molecule has 0 unspecified atom stereocenters. The Bertz CT molecular complexity index is 421. The van der Waals surface area contributed by atoms with E-state index < -0.39 is 17.5 Å². The molecule has 17 heavy (non-hydrogen) atoms. The SMILES string of the molecule is COc1cccc(CC2(O)CC(C(=O)O)C2)c1. The summed E-state index contributed by atoms with van der Waals surface area (Å²) in [7, 11) is 1.59. The Labute approximate surface area is 99.8 Å². The molecule has 1 aliphatic rings. The summed E-state index contributed by atoms with van der Waals surface area (Å²) in [6, 6.07) is 7.49. The van der Waals surface area contributed by atoms with Gasteiger partial charge < -0.3 is 14.9 Å². The van der Waals surface area contributed by atoms with Crippen LogP contribution in [0.15, 0.2) is 24.3 Å². The average molecular weight is 236 g/mol. The van der Waals surface area contributed by atoms with Gasteiger partial charge in [0.1, 0.15) is 5.75 Å².